The van der Waals surface area contributed by atoms with Crippen LogP contribution in [0, 0.1) is 11.3 Å². The van der Waals surface area contributed by atoms with Gasteiger partial charge in [-0.15, -0.1) is 0 Å². The molecule has 1 unspecified atom stereocenters. The fraction of sp³-hybridized carbons (Fsp3) is 1.00. The summed E-state index contributed by atoms with van der Waals surface area (Å²) in [7, 11) is 0. The number of rotatable bonds is 1. The Morgan fingerprint density at radius 3 is 1.91 bits per heavy atom. The molecule has 0 spiro atoms. The lowest BCUT2D eigenvalue weighted by Gasteiger charge is -2.34. The van der Waals surface area contributed by atoms with Gasteiger partial charge in [0.1, 0.15) is 0 Å². The van der Waals surface area contributed by atoms with Gasteiger partial charge >= 0.3 is 0 Å². The van der Waals surface area contributed by atoms with E-state index in [0.717, 1.165) is 0 Å². The second kappa shape index (κ2) is 2.43. The number of alkyl halides is 2. The zero-order chi connectivity index (χ0) is 8.70. The van der Waals surface area contributed by atoms with Gasteiger partial charge in [0, 0.05) is 11.8 Å². The van der Waals surface area contributed by atoms with Crippen molar-refractivity contribution >= 4 is 0 Å². The molecule has 11 heavy (non-hydrogen) atoms. The summed E-state index contributed by atoms with van der Waals surface area (Å²) in [5.74, 6) is -2.35. The predicted molar refractivity (Wildman–Crippen MR) is 41.7 cm³/mol. The first-order valence-corrected chi connectivity index (χ1v) is 4.28. The molecule has 0 bridgehead atoms. The van der Waals surface area contributed by atoms with Crippen molar-refractivity contribution in [3.63, 3.8) is 0 Å². The molecule has 0 amide bonds. The fourth-order valence-corrected chi connectivity index (χ4v) is 1.86. The summed E-state index contributed by atoms with van der Waals surface area (Å²) in [6, 6.07) is 0. The van der Waals surface area contributed by atoms with E-state index in [2.05, 4.69) is 0 Å². The van der Waals surface area contributed by atoms with Crippen molar-refractivity contribution in [2.24, 2.45) is 11.3 Å². The highest BCUT2D eigenvalue weighted by atomic mass is 19.3. The van der Waals surface area contributed by atoms with Gasteiger partial charge in [-0.1, -0.05) is 20.8 Å². The van der Waals surface area contributed by atoms with Crippen LogP contribution in [0.5, 0.6) is 0 Å². The van der Waals surface area contributed by atoms with Crippen molar-refractivity contribution in [2.75, 3.05) is 0 Å². The molecule has 0 aromatic carbocycles. The summed E-state index contributed by atoms with van der Waals surface area (Å²) in [5.41, 5.74) is -0.743. The molecule has 0 nitrogen and oxygen atoms in total. The summed E-state index contributed by atoms with van der Waals surface area (Å²) < 4.78 is 26.5. The number of hydrogen-bond acceptors (Lipinski definition) is 0. The molecular formula is C9H16F2. The predicted octanol–water partition coefficient (Wildman–Crippen LogP) is 3.47. The Hall–Kier alpha value is -0.140. The van der Waals surface area contributed by atoms with Crippen molar-refractivity contribution in [2.45, 2.75) is 46.0 Å². The normalized spacial score (nSPS) is 36.5. The highest BCUT2D eigenvalue weighted by Crippen LogP contribution is 2.54. The van der Waals surface area contributed by atoms with Gasteiger partial charge < -0.3 is 0 Å². The Kier molecular flexibility index (Phi) is 1.97. The van der Waals surface area contributed by atoms with E-state index in [0.29, 0.717) is 12.8 Å². The third-order valence-electron chi connectivity index (χ3n) is 3.30. The lowest BCUT2D eigenvalue weighted by Crippen LogP contribution is -2.37. The van der Waals surface area contributed by atoms with Crippen LogP contribution in [-0.4, -0.2) is 5.92 Å². The van der Waals surface area contributed by atoms with Crippen LogP contribution in [-0.2, 0) is 0 Å². The molecule has 66 valence electrons. The van der Waals surface area contributed by atoms with Crippen LogP contribution in [0.2, 0.25) is 0 Å². The summed E-state index contributed by atoms with van der Waals surface area (Å²) in [4.78, 5) is 0. The fourth-order valence-electron chi connectivity index (χ4n) is 1.86. The van der Waals surface area contributed by atoms with Crippen LogP contribution in [0.1, 0.15) is 40.0 Å². The molecule has 0 aromatic rings. The SMILES string of the molecule is CC(C)C1(C)CCCC1(F)F. The van der Waals surface area contributed by atoms with Crippen molar-refractivity contribution in [1.82, 2.24) is 0 Å². The van der Waals surface area contributed by atoms with Gasteiger partial charge in [0.2, 0.25) is 0 Å². The molecule has 1 fully saturated rings. The van der Waals surface area contributed by atoms with E-state index in [9.17, 15) is 8.78 Å². The van der Waals surface area contributed by atoms with E-state index in [4.69, 9.17) is 0 Å². The van der Waals surface area contributed by atoms with E-state index in [-0.39, 0.29) is 12.3 Å². The lowest BCUT2D eigenvalue weighted by molar-refractivity contribution is -0.111. The number of hydrogen-bond donors (Lipinski definition) is 0. The monoisotopic (exact) mass is 162 g/mol. The Labute approximate surface area is 67.0 Å². The average Bonchev–Trinajstić information content (AvgIpc) is 2.09. The molecule has 1 aliphatic carbocycles. The van der Waals surface area contributed by atoms with Gasteiger partial charge in [-0.2, -0.15) is 0 Å². The summed E-state index contributed by atoms with van der Waals surface area (Å²) in [6.45, 7) is 5.49. The molecule has 1 rings (SSSR count). The van der Waals surface area contributed by atoms with E-state index >= 15 is 0 Å². The van der Waals surface area contributed by atoms with E-state index < -0.39 is 11.3 Å². The van der Waals surface area contributed by atoms with Crippen molar-refractivity contribution in [3.8, 4) is 0 Å². The Bertz CT molecular complexity index is 152. The van der Waals surface area contributed by atoms with Crippen LogP contribution < -0.4 is 0 Å². The minimum Gasteiger partial charge on any atom is -0.206 e. The van der Waals surface area contributed by atoms with E-state index in [1.165, 1.54) is 0 Å². The summed E-state index contributed by atoms with van der Waals surface area (Å²) in [6.07, 6.45) is 1.45. The second-order valence-corrected chi connectivity index (χ2v) is 4.13. The third-order valence-corrected chi connectivity index (χ3v) is 3.30. The lowest BCUT2D eigenvalue weighted by atomic mass is 9.75. The molecule has 1 atom stereocenters. The Morgan fingerprint density at radius 1 is 1.18 bits per heavy atom. The summed E-state index contributed by atoms with van der Waals surface area (Å²) >= 11 is 0. The molecule has 0 radical (unpaired) electrons. The first kappa shape index (κ1) is 8.95. The molecule has 0 aliphatic heterocycles. The maximum atomic E-state index is 13.2. The first-order valence-electron chi connectivity index (χ1n) is 4.28. The second-order valence-electron chi connectivity index (χ2n) is 4.13. The van der Waals surface area contributed by atoms with Crippen molar-refractivity contribution in [3.05, 3.63) is 0 Å². The van der Waals surface area contributed by atoms with Crippen LogP contribution in [0.4, 0.5) is 8.78 Å². The molecule has 0 N–H and O–H groups in total. The van der Waals surface area contributed by atoms with Crippen LogP contribution in [0.25, 0.3) is 0 Å². The minimum atomic E-state index is -2.43. The van der Waals surface area contributed by atoms with Crippen LogP contribution >= 0.6 is 0 Å². The molecule has 1 saturated carbocycles. The molecular weight excluding hydrogens is 146 g/mol. The Morgan fingerprint density at radius 2 is 1.73 bits per heavy atom. The topological polar surface area (TPSA) is 0 Å². The standard InChI is InChI=1S/C9H16F2/c1-7(2)8(3)5-4-6-9(8,10)11/h7H,4-6H2,1-3H3. The van der Waals surface area contributed by atoms with Crippen LogP contribution in [0.15, 0.2) is 0 Å². The van der Waals surface area contributed by atoms with Crippen molar-refractivity contribution < 1.29 is 8.78 Å². The molecule has 0 aromatic heterocycles. The molecule has 2 heteroatoms. The Balaban J connectivity index is 2.84. The highest BCUT2D eigenvalue weighted by molar-refractivity contribution is 4.96. The number of halogens is 2. The minimum absolute atomic E-state index is 0.0833. The average molecular weight is 162 g/mol. The van der Waals surface area contributed by atoms with Gasteiger partial charge in [-0.05, 0) is 18.8 Å². The van der Waals surface area contributed by atoms with E-state index in [1.54, 1.807) is 6.92 Å². The largest absolute Gasteiger partial charge is 0.253 e. The quantitative estimate of drug-likeness (QED) is 0.553. The molecule has 0 saturated heterocycles. The van der Waals surface area contributed by atoms with Gasteiger partial charge in [0.05, 0.1) is 0 Å². The highest BCUT2D eigenvalue weighted by Gasteiger charge is 2.54. The third kappa shape index (κ3) is 1.17. The van der Waals surface area contributed by atoms with Gasteiger partial charge in [-0.3, -0.25) is 0 Å². The molecule has 0 heterocycles. The zero-order valence-corrected chi connectivity index (χ0v) is 7.45. The maximum Gasteiger partial charge on any atom is 0.253 e. The van der Waals surface area contributed by atoms with Gasteiger partial charge in [0.15, 0.2) is 0 Å². The first-order chi connectivity index (χ1) is 4.90. The molecule has 1 aliphatic rings. The van der Waals surface area contributed by atoms with Crippen LogP contribution in [0.3, 0.4) is 0 Å². The zero-order valence-electron chi connectivity index (χ0n) is 7.45. The summed E-state index contributed by atoms with van der Waals surface area (Å²) in [5, 5.41) is 0. The van der Waals surface area contributed by atoms with Gasteiger partial charge in [0.25, 0.3) is 5.92 Å². The maximum absolute atomic E-state index is 13.2. The smallest absolute Gasteiger partial charge is 0.206 e. The van der Waals surface area contributed by atoms with E-state index in [1.807, 2.05) is 13.8 Å². The van der Waals surface area contributed by atoms with Crippen molar-refractivity contribution in [1.29, 1.82) is 0 Å². The van der Waals surface area contributed by atoms with Gasteiger partial charge in [-0.25, -0.2) is 8.78 Å².